The Morgan fingerprint density at radius 1 is 1.04 bits per heavy atom. The first-order valence-electron chi connectivity index (χ1n) is 8.26. The van der Waals surface area contributed by atoms with Gasteiger partial charge in [0.2, 0.25) is 5.91 Å². The van der Waals surface area contributed by atoms with Gasteiger partial charge >= 0.3 is 6.18 Å². The van der Waals surface area contributed by atoms with Gasteiger partial charge in [0.15, 0.2) is 0 Å². The van der Waals surface area contributed by atoms with E-state index in [1.54, 1.807) is 31.2 Å². The predicted molar refractivity (Wildman–Crippen MR) is 95.9 cm³/mol. The fourth-order valence-electron chi connectivity index (χ4n) is 2.17. The second-order valence-electron chi connectivity index (χ2n) is 6.08. The summed E-state index contributed by atoms with van der Waals surface area (Å²) in [6, 6.07) is 10.9. The highest BCUT2D eigenvalue weighted by molar-refractivity contribution is 5.94. The average molecular weight is 379 g/mol. The van der Waals surface area contributed by atoms with Crippen LogP contribution in [0, 0.1) is 5.92 Å². The van der Waals surface area contributed by atoms with Gasteiger partial charge in [-0.05, 0) is 42.0 Å². The standard InChI is InChI=1S/C19H20F3N3O2/c1-12(10-23)17(26)25-16-8-2-13(3-9-16)11-24-18(27)14-4-6-15(7-5-14)19(20,21)22/h2-9,12H,10-11,23H2,1H3,(H,24,27)(H,25,26). The summed E-state index contributed by atoms with van der Waals surface area (Å²) in [5.74, 6) is -0.952. The molecule has 0 fully saturated rings. The molecule has 2 rings (SSSR count). The fourth-order valence-corrected chi connectivity index (χ4v) is 2.17. The third-order valence-electron chi connectivity index (χ3n) is 3.95. The number of alkyl halides is 3. The number of hydrogen-bond donors (Lipinski definition) is 3. The number of anilines is 1. The molecule has 0 radical (unpaired) electrons. The van der Waals surface area contributed by atoms with Gasteiger partial charge in [0.1, 0.15) is 0 Å². The molecule has 4 N–H and O–H groups in total. The highest BCUT2D eigenvalue weighted by Crippen LogP contribution is 2.29. The topological polar surface area (TPSA) is 84.2 Å². The number of halogens is 3. The molecule has 5 nitrogen and oxygen atoms in total. The van der Waals surface area contributed by atoms with Crippen molar-refractivity contribution >= 4 is 17.5 Å². The average Bonchev–Trinajstić information content (AvgIpc) is 2.65. The third-order valence-corrected chi connectivity index (χ3v) is 3.95. The summed E-state index contributed by atoms with van der Waals surface area (Å²) < 4.78 is 37.6. The summed E-state index contributed by atoms with van der Waals surface area (Å²) in [6.07, 6.45) is -4.44. The summed E-state index contributed by atoms with van der Waals surface area (Å²) in [6.45, 7) is 2.17. The van der Waals surface area contributed by atoms with E-state index in [0.29, 0.717) is 5.69 Å². The number of amides is 2. The summed E-state index contributed by atoms with van der Waals surface area (Å²) in [7, 11) is 0. The van der Waals surface area contributed by atoms with Gasteiger partial charge in [-0.2, -0.15) is 13.2 Å². The molecule has 0 aliphatic heterocycles. The number of hydrogen-bond acceptors (Lipinski definition) is 3. The van der Waals surface area contributed by atoms with Crippen LogP contribution < -0.4 is 16.4 Å². The van der Waals surface area contributed by atoms with Crippen LogP contribution in [0.2, 0.25) is 0 Å². The van der Waals surface area contributed by atoms with E-state index in [1.807, 2.05) is 0 Å². The van der Waals surface area contributed by atoms with Crippen LogP contribution in [0.15, 0.2) is 48.5 Å². The van der Waals surface area contributed by atoms with E-state index in [4.69, 9.17) is 5.73 Å². The van der Waals surface area contributed by atoms with Gasteiger partial charge in [0.25, 0.3) is 5.91 Å². The smallest absolute Gasteiger partial charge is 0.348 e. The number of carbonyl (C=O) groups is 2. The van der Waals surface area contributed by atoms with E-state index >= 15 is 0 Å². The minimum Gasteiger partial charge on any atom is -0.348 e. The zero-order valence-electron chi connectivity index (χ0n) is 14.6. The molecule has 1 atom stereocenters. The zero-order chi connectivity index (χ0) is 20.0. The van der Waals surface area contributed by atoms with Crippen molar-refractivity contribution < 1.29 is 22.8 Å². The first-order valence-corrected chi connectivity index (χ1v) is 8.26. The quantitative estimate of drug-likeness (QED) is 0.721. The largest absolute Gasteiger partial charge is 0.416 e. The van der Waals surface area contributed by atoms with E-state index in [-0.39, 0.29) is 30.5 Å². The lowest BCUT2D eigenvalue weighted by Gasteiger charge is -2.11. The Morgan fingerprint density at radius 3 is 2.15 bits per heavy atom. The van der Waals surface area contributed by atoms with Gasteiger partial charge in [-0.3, -0.25) is 9.59 Å². The van der Waals surface area contributed by atoms with Gasteiger partial charge in [0, 0.05) is 30.3 Å². The maximum absolute atomic E-state index is 12.5. The van der Waals surface area contributed by atoms with E-state index < -0.39 is 17.6 Å². The molecule has 0 aromatic heterocycles. The zero-order valence-corrected chi connectivity index (χ0v) is 14.6. The highest BCUT2D eigenvalue weighted by atomic mass is 19.4. The molecule has 2 aromatic rings. The summed E-state index contributed by atoms with van der Waals surface area (Å²) in [4.78, 5) is 23.8. The van der Waals surface area contributed by atoms with Crippen molar-refractivity contribution in [3.05, 3.63) is 65.2 Å². The summed E-state index contributed by atoms with van der Waals surface area (Å²) in [5, 5.41) is 5.37. The minimum absolute atomic E-state index is 0.141. The second kappa shape index (κ2) is 8.68. The number of benzene rings is 2. The third kappa shape index (κ3) is 5.82. The van der Waals surface area contributed by atoms with Gasteiger partial charge in [-0.1, -0.05) is 19.1 Å². The lowest BCUT2D eigenvalue weighted by Crippen LogP contribution is -2.26. The van der Waals surface area contributed by atoms with Crippen LogP contribution in [0.5, 0.6) is 0 Å². The van der Waals surface area contributed by atoms with Crippen LogP contribution >= 0.6 is 0 Å². The number of nitrogens with one attached hydrogen (secondary N) is 2. The molecule has 8 heteroatoms. The first kappa shape index (κ1) is 20.4. The molecule has 0 bridgehead atoms. The Morgan fingerprint density at radius 2 is 1.63 bits per heavy atom. The first-order chi connectivity index (χ1) is 12.7. The lowest BCUT2D eigenvalue weighted by atomic mass is 10.1. The summed E-state index contributed by atoms with van der Waals surface area (Å²) in [5.41, 5.74) is 6.16. The van der Waals surface area contributed by atoms with E-state index in [1.165, 1.54) is 0 Å². The van der Waals surface area contributed by atoms with Gasteiger partial charge < -0.3 is 16.4 Å². The van der Waals surface area contributed by atoms with Crippen molar-refractivity contribution in [1.29, 1.82) is 0 Å². The SMILES string of the molecule is CC(CN)C(=O)Nc1ccc(CNC(=O)c2ccc(C(F)(F)F)cc2)cc1. The molecule has 2 aromatic carbocycles. The number of rotatable bonds is 6. The second-order valence-corrected chi connectivity index (χ2v) is 6.08. The van der Waals surface area contributed by atoms with Crippen molar-refractivity contribution in [3.63, 3.8) is 0 Å². The molecule has 0 spiro atoms. The molecule has 144 valence electrons. The maximum atomic E-state index is 12.5. The van der Waals surface area contributed by atoms with Crippen LogP contribution in [0.3, 0.4) is 0 Å². The molecule has 0 heterocycles. The predicted octanol–water partition coefficient (Wildman–Crippen LogP) is 3.17. The summed E-state index contributed by atoms with van der Waals surface area (Å²) >= 11 is 0. The lowest BCUT2D eigenvalue weighted by molar-refractivity contribution is -0.137. The van der Waals surface area contributed by atoms with Crippen LogP contribution in [0.1, 0.15) is 28.4 Å². The molecule has 0 saturated carbocycles. The fraction of sp³-hybridized carbons (Fsp3) is 0.263. The van der Waals surface area contributed by atoms with Gasteiger partial charge in [-0.25, -0.2) is 0 Å². The van der Waals surface area contributed by atoms with Crippen molar-refractivity contribution in [2.24, 2.45) is 11.7 Å². The van der Waals surface area contributed by atoms with Gasteiger partial charge in [-0.15, -0.1) is 0 Å². The Labute approximate surface area is 154 Å². The van der Waals surface area contributed by atoms with Crippen molar-refractivity contribution in [3.8, 4) is 0 Å². The Kier molecular flexibility index (Phi) is 6.57. The van der Waals surface area contributed by atoms with Crippen LogP contribution in [0.4, 0.5) is 18.9 Å². The van der Waals surface area contributed by atoms with Crippen molar-refractivity contribution in [2.45, 2.75) is 19.6 Å². The molecule has 2 amide bonds. The maximum Gasteiger partial charge on any atom is 0.416 e. The number of carbonyl (C=O) groups excluding carboxylic acids is 2. The van der Waals surface area contributed by atoms with Gasteiger partial charge in [0.05, 0.1) is 5.56 Å². The monoisotopic (exact) mass is 379 g/mol. The van der Waals surface area contributed by atoms with Crippen LogP contribution in [0.25, 0.3) is 0 Å². The van der Waals surface area contributed by atoms with E-state index in [2.05, 4.69) is 10.6 Å². The normalized spacial score (nSPS) is 12.3. The Balaban J connectivity index is 1.90. The molecular formula is C19H20F3N3O2. The van der Waals surface area contributed by atoms with E-state index in [0.717, 1.165) is 29.8 Å². The molecular weight excluding hydrogens is 359 g/mol. The Bertz CT molecular complexity index is 787. The van der Waals surface area contributed by atoms with Crippen molar-refractivity contribution in [1.82, 2.24) is 5.32 Å². The number of nitrogens with two attached hydrogens (primary N) is 1. The molecule has 27 heavy (non-hydrogen) atoms. The van der Waals surface area contributed by atoms with Crippen LogP contribution in [-0.4, -0.2) is 18.4 Å². The molecule has 0 saturated heterocycles. The molecule has 1 unspecified atom stereocenters. The highest BCUT2D eigenvalue weighted by Gasteiger charge is 2.30. The van der Waals surface area contributed by atoms with Crippen LogP contribution in [-0.2, 0) is 17.5 Å². The molecule has 0 aliphatic rings. The molecule has 0 aliphatic carbocycles. The Hall–Kier alpha value is -2.87. The van der Waals surface area contributed by atoms with E-state index in [9.17, 15) is 22.8 Å². The van der Waals surface area contributed by atoms with Crippen molar-refractivity contribution in [2.75, 3.05) is 11.9 Å². The minimum atomic E-state index is -4.44.